The Morgan fingerprint density at radius 1 is 1.29 bits per heavy atom. The molecule has 0 spiro atoms. The van der Waals surface area contributed by atoms with Gasteiger partial charge in [-0.3, -0.25) is 4.98 Å². The van der Waals surface area contributed by atoms with E-state index >= 15 is 0 Å². The zero-order chi connectivity index (χ0) is 12.5. The van der Waals surface area contributed by atoms with Gasteiger partial charge >= 0.3 is 0 Å². The molecule has 94 valence electrons. The summed E-state index contributed by atoms with van der Waals surface area (Å²) in [6.07, 6.45) is 6.79. The Bertz CT molecular complexity index is 388. The van der Waals surface area contributed by atoms with Crippen molar-refractivity contribution in [1.29, 1.82) is 0 Å². The van der Waals surface area contributed by atoms with Gasteiger partial charge in [-0.05, 0) is 46.3 Å². The van der Waals surface area contributed by atoms with E-state index < -0.39 is 5.60 Å². The number of rotatable bonds is 2. The van der Waals surface area contributed by atoms with Gasteiger partial charge in [0.15, 0.2) is 0 Å². The quantitative estimate of drug-likeness (QED) is 0.902. The Balaban J connectivity index is 2.18. The average molecular weight is 298 g/mol. The Morgan fingerprint density at radius 2 is 2.00 bits per heavy atom. The summed E-state index contributed by atoms with van der Waals surface area (Å²) in [6, 6.07) is 3.98. The van der Waals surface area contributed by atoms with Crippen LogP contribution in [0.3, 0.4) is 0 Å². The van der Waals surface area contributed by atoms with Crippen LogP contribution >= 0.6 is 15.9 Å². The Labute approximate surface area is 112 Å². The molecule has 0 aromatic carbocycles. The van der Waals surface area contributed by atoms with Crippen LogP contribution in [-0.4, -0.2) is 15.7 Å². The molecule has 17 heavy (non-hydrogen) atoms. The summed E-state index contributed by atoms with van der Waals surface area (Å²) in [7, 11) is 0. The van der Waals surface area contributed by atoms with Gasteiger partial charge in [0.2, 0.25) is 0 Å². The number of pyridine rings is 1. The van der Waals surface area contributed by atoms with E-state index in [4.69, 9.17) is 0 Å². The second-order valence-electron chi connectivity index (χ2n) is 5.77. The number of aromatic nitrogens is 1. The molecule has 0 aliphatic heterocycles. The predicted molar refractivity (Wildman–Crippen MR) is 72.8 cm³/mol. The molecule has 1 unspecified atom stereocenters. The molecule has 1 fully saturated rings. The van der Waals surface area contributed by atoms with Gasteiger partial charge in [0.1, 0.15) is 0 Å². The van der Waals surface area contributed by atoms with Crippen molar-refractivity contribution in [2.24, 2.45) is 5.41 Å². The lowest BCUT2D eigenvalue weighted by molar-refractivity contribution is -0.0964. The summed E-state index contributed by atoms with van der Waals surface area (Å²) in [5.41, 5.74) is 0.359. The number of hydrogen-bond donors (Lipinski definition) is 1. The molecule has 1 aromatic rings. The zero-order valence-corrected chi connectivity index (χ0v) is 12.1. The summed E-state index contributed by atoms with van der Waals surface area (Å²) >= 11 is 3.38. The average Bonchev–Trinajstić information content (AvgIpc) is 2.26. The number of nitrogens with zero attached hydrogens (tertiary/aromatic N) is 1. The van der Waals surface area contributed by atoms with Crippen LogP contribution in [0.2, 0.25) is 0 Å². The van der Waals surface area contributed by atoms with Crippen molar-refractivity contribution in [3.63, 3.8) is 0 Å². The highest BCUT2D eigenvalue weighted by Gasteiger charge is 2.45. The lowest BCUT2D eigenvalue weighted by atomic mass is 9.63. The van der Waals surface area contributed by atoms with Crippen LogP contribution < -0.4 is 0 Å². The smallest absolute Gasteiger partial charge is 0.0753 e. The van der Waals surface area contributed by atoms with Crippen LogP contribution in [0.1, 0.15) is 45.2 Å². The number of aliphatic hydroxyl groups is 1. The van der Waals surface area contributed by atoms with Gasteiger partial charge in [-0.15, -0.1) is 0 Å². The third-order valence-corrected chi connectivity index (χ3v) is 4.63. The van der Waals surface area contributed by atoms with Gasteiger partial charge in [-0.1, -0.05) is 26.7 Å². The van der Waals surface area contributed by atoms with Crippen molar-refractivity contribution < 1.29 is 5.11 Å². The van der Waals surface area contributed by atoms with Crippen molar-refractivity contribution in [3.8, 4) is 0 Å². The topological polar surface area (TPSA) is 33.1 Å². The van der Waals surface area contributed by atoms with E-state index in [1.165, 1.54) is 6.42 Å². The number of halogens is 1. The first-order chi connectivity index (χ1) is 7.93. The van der Waals surface area contributed by atoms with E-state index in [0.29, 0.717) is 6.42 Å². The van der Waals surface area contributed by atoms with E-state index in [1.807, 2.05) is 12.1 Å². The van der Waals surface area contributed by atoms with Gasteiger partial charge in [0.05, 0.1) is 5.60 Å². The van der Waals surface area contributed by atoms with Crippen molar-refractivity contribution >= 4 is 15.9 Å². The molecule has 0 saturated heterocycles. The van der Waals surface area contributed by atoms with E-state index in [9.17, 15) is 5.11 Å². The maximum Gasteiger partial charge on any atom is 0.0753 e. The maximum absolute atomic E-state index is 10.9. The summed E-state index contributed by atoms with van der Waals surface area (Å²) in [5.74, 6) is 0. The first-order valence-electron chi connectivity index (χ1n) is 6.26. The van der Waals surface area contributed by atoms with Gasteiger partial charge in [-0.2, -0.15) is 0 Å². The second-order valence-corrected chi connectivity index (χ2v) is 6.68. The van der Waals surface area contributed by atoms with Crippen LogP contribution in [0.25, 0.3) is 0 Å². The minimum Gasteiger partial charge on any atom is -0.389 e. The highest BCUT2D eigenvalue weighted by molar-refractivity contribution is 9.10. The van der Waals surface area contributed by atoms with Crippen molar-refractivity contribution in [2.45, 2.75) is 51.6 Å². The molecule has 1 atom stereocenters. The molecular weight excluding hydrogens is 278 g/mol. The van der Waals surface area contributed by atoms with Crippen LogP contribution in [0.5, 0.6) is 0 Å². The maximum atomic E-state index is 10.9. The molecule has 1 N–H and O–H groups in total. The molecule has 1 saturated carbocycles. The third-order valence-electron chi connectivity index (χ3n) is 4.16. The van der Waals surface area contributed by atoms with Gasteiger partial charge in [0.25, 0.3) is 0 Å². The summed E-state index contributed by atoms with van der Waals surface area (Å²) in [5, 5.41) is 10.9. The lowest BCUT2D eigenvalue weighted by Gasteiger charge is -2.46. The van der Waals surface area contributed by atoms with Crippen molar-refractivity contribution in [3.05, 3.63) is 28.5 Å². The molecule has 0 bridgehead atoms. The summed E-state index contributed by atoms with van der Waals surface area (Å²) < 4.78 is 0.983. The standard InChI is InChI=1S/C14H20BrNO/c1-13(2)7-3-4-8-14(13,17)9-12-6-5-11(15)10-16-12/h5-6,10,17H,3-4,7-9H2,1-2H3. The highest BCUT2D eigenvalue weighted by atomic mass is 79.9. The summed E-state index contributed by atoms with van der Waals surface area (Å²) in [6.45, 7) is 4.34. The van der Waals surface area contributed by atoms with Crippen molar-refractivity contribution in [1.82, 2.24) is 4.98 Å². The van der Waals surface area contributed by atoms with Gasteiger partial charge in [-0.25, -0.2) is 0 Å². The molecular formula is C14H20BrNO. The molecule has 2 nitrogen and oxygen atoms in total. The fourth-order valence-electron chi connectivity index (χ4n) is 2.69. The summed E-state index contributed by atoms with van der Waals surface area (Å²) in [4.78, 5) is 4.38. The highest BCUT2D eigenvalue weighted by Crippen LogP contribution is 2.45. The molecule has 1 aliphatic rings. The monoisotopic (exact) mass is 297 g/mol. The van der Waals surface area contributed by atoms with Crippen LogP contribution in [0.15, 0.2) is 22.8 Å². The predicted octanol–water partition coefficient (Wildman–Crippen LogP) is 3.72. The first-order valence-corrected chi connectivity index (χ1v) is 7.05. The van der Waals surface area contributed by atoms with E-state index in [2.05, 4.69) is 34.8 Å². The minimum atomic E-state index is -0.605. The molecule has 3 heteroatoms. The van der Waals surface area contributed by atoms with E-state index in [1.54, 1.807) is 6.20 Å². The Morgan fingerprint density at radius 3 is 2.59 bits per heavy atom. The lowest BCUT2D eigenvalue weighted by Crippen LogP contribution is -2.48. The zero-order valence-electron chi connectivity index (χ0n) is 10.5. The Kier molecular flexibility index (Phi) is 3.60. The molecule has 2 rings (SSSR count). The first kappa shape index (κ1) is 13.0. The van der Waals surface area contributed by atoms with Crippen molar-refractivity contribution in [2.75, 3.05) is 0 Å². The molecule has 0 radical (unpaired) electrons. The largest absolute Gasteiger partial charge is 0.389 e. The SMILES string of the molecule is CC1(C)CCCCC1(O)Cc1ccc(Br)cn1. The van der Waals surface area contributed by atoms with E-state index in [-0.39, 0.29) is 5.41 Å². The third kappa shape index (κ3) is 2.71. The molecule has 1 aliphatic carbocycles. The fraction of sp³-hybridized carbons (Fsp3) is 0.643. The fourth-order valence-corrected chi connectivity index (χ4v) is 2.93. The van der Waals surface area contributed by atoms with Gasteiger partial charge < -0.3 is 5.11 Å². The molecule has 1 heterocycles. The van der Waals surface area contributed by atoms with Gasteiger partial charge in [0, 0.05) is 22.8 Å². The second kappa shape index (κ2) is 4.69. The number of hydrogen-bond acceptors (Lipinski definition) is 2. The van der Waals surface area contributed by atoms with E-state index in [0.717, 1.165) is 29.4 Å². The molecule has 1 aromatic heterocycles. The van der Waals surface area contributed by atoms with Crippen LogP contribution in [-0.2, 0) is 6.42 Å². The van der Waals surface area contributed by atoms with Crippen LogP contribution in [0.4, 0.5) is 0 Å². The minimum absolute atomic E-state index is 0.0139. The van der Waals surface area contributed by atoms with Crippen LogP contribution in [0, 0.1) is 5.41 Å². The normalized spacial score (nSPS) is 28.0. The molecule has 0 amide bonds. The Hall–Kier alpha value is -0.410.